The fraction of sp³-hybridized carbons (Fsp3) is 0.524. The number of benzene rings is 1. The largest absolute Gasteiger partial charge is 0.388 e. The molecule has 9 nitrogen and oxygen atoms in total. The van der Waals surface area contributed by atoms with E-state index in [1.165, 1.54) is 6.34 Å². The second-order valence-electron chi connectivity index (χ2n) is 8.67. The minimum Gasteiger partial charge on any atom is -0.388 e. The Morgan fingerprint density at radius 3 is 2.71 bits per heavy atom. The number of amides is 1. The standard InChI is InChI=1S/C21H28N5O4P/c1-13-15(9-10-31(2,3)29)30-21(17(13)27)26-12-24-16-18(22-11-23-19(16)26)25-20(28)14-7-5-4-6-8-14/h4-8,11-13,15-17,19,21,27H,9-10H2,1-3H3,(H,22,23,25,28)/t13-,15-,16?,17-,19?,21-/m1/s1. The summed E-state index contributed by atoms with van der Waals surface area (Å²) in [7, 11) is -2.16. The lowest BCUT2D eigenvalue weighted by atomic mass is 9.98. The number of fused-ring (bicyclic) bond motifs is 1. The molecule has 1 amide bonds. The van der Waals surface area contributed by atoms with Crippen LogP contribution in [-0.4, -0.2) is 84.6 Å². The maximum Gasteiger partial charge on any atom is 0.256 e. The molecule has 0 bridgehead atoms. The lowest BCUT2D eigenvalue weighted by molar-refractivity contribution is -0.0678. The number of ether oxygens (including phenoxy) is 1. The Bertz CT molecular complexity index is 960. The number of hydrogen-bond donors (Lipinski definition) is 2. The van der Waals surface area contributed by atoms with E-state index >= 15 is 0 Å². The normalized spacial score (nSPS) is 32.1. The number of aliphatic imine (C=N–C) groups is 3. The van der Waals surface area contributed by atoms with Gasteiger partial charge in [0.2, 0.25) is 0 Å². The summed E-state index contributed by atoms with van der Waals surface area (Å²) in [6.07, 6.45) is 2.19. The molecule has 0 radical (unpaired) electrons. The topological polar surface area (TPSA) is 116 Å². The molecule has 3 aliphatic heterocycles. The molecule has 2 N–H and O–H groups in total. The van der Waals surface area contributed by atoms with E-state index in [2.05, 4.69) is 20.3 Å². The Morgan fingerprint density at radius 1 is 1.26 bits per heavy atom. The minimum absolute atomic E-state index is 0.109. The van der Waals surface area contributed by atoms with Crippen molar-refractivity contribution in [3.8, 4) is 0 Å². The zero-order chi connectivity index (χ0) is 22.2. The first kappa shape index (κ1) is 21.9. The number of aliphatic hydroxyl groups excluding tert-OH is 1. The summed E-state index contributed by atoms with van der Waals surface area (Å²) in [5.74, 6) is 0.0292. The van der Waals surface area contributed by atoms with Gasteiger partial charge in [0.05, 0.1) is 19.6 Å². The van der Waals surface area contributed by atoms with E-state index in [0.717, 1.165) is 0 Å². The number of carbonyl (C=O) groups is 1. The van der Waals surface area contributed by atoms with Gasteiger partial charge in [0, 0.05) is 17.6 Å². The highest BCUT2D eigenvalue weighted by Gasteiger charge is 2.49. The molecule has 2 unspecified atom stereocenters. The van der Waals surface area contributed by atoms with Gasteiger partial charge in [-0.15, -0.1) is 0 Å². The van der Waals surface area contributed by atoms with Crippen molar-refractivity contribution in [1.82, 2.24) is 10.2 Å². The molecule has 1 fully saturated rings. The fourth-order valence-electron chi connectivity index (χ4n) is 4.05. The predicted molar refractivity (Wildman–Crippen MR) is 121 cm³/mol. The Balaban J connectivity index is 1.43. The molecule has 3 aliphatic rings. The van der Waals surface area contributed by atoms with Crippen LogP contribution in [0.3, 0.4) is 0 Å². The van der Waals surface area contributed by atoms with E-state index in [9.17, 15) is 14.5 Å². The van der Waals surface area contributed by atoms with Crippen molar-refractivity contribution in [2.24, 2.45) is 20.9 Å². The number of nitrogens with one attached hydrogen (secondary N) is 1. The highest BCUT2D eigenvalue weighted by Crippen LogP contribution is 2.40. The van der Waals surface area contributed by atoms with E-state index < -0.39 is 31.7 Å². The van der Waals surface area contributed by atoms with Gasteiger partial charge in [0.1, 0.15) is 18.3 Å². The molecule has 31 heavy (non-hydrogen) atoms. The van der Waals surface area contributed by atoms with Gasteiger partial charge in [0.25, 0.3) is 5.91 Å². The first-order chi connectivity index (χ1) is 14.7. The molecule has 10 heteroatoms. The van der Waals surface area contributed by atoms with Crippen molar-refractivity contribution in [3.63, 3.8) is 0 Å². The number of hydrogen-bond acceptors (Lipinski definition) is 8. The van der Waals surface area contributed by atoms with Crippen LogP contribution < -0.4 is 5.32 Å². The molecule has 166 valence electrons. The van der Waals surface area contributed by atoms with Gasteiger partial charge in [-0.1, -0.05) is 25.1 Å². The zero-order valence-electron chi connectivity index (χ0n) is 17.8. The van der Waals surface area contributed by atoms with Crippen LogP contribution in [0.1, 0.15) is 23.7 Å². The number of amidine groups is 1. The molecule has 0 aliphatic carbocycles. The van der Waals surface area contributed by atoms with Crippen LogP contribution in [0, 0.1) is 5.92 Å². The van der Waals surface area contributed by atoms with Crippen LogP contribution in [0.5, 0.6) is 0 Å². The second kappa shape index (κ2) is 8.65. The number of aliphatic hydroxyl groups is 1. The zero-order valence-corrected chi connectivity index (χ0v) is 18.7. The second-order valence-corrected chi connectivity index (χ2v) is 12.3. The highest BCUT2D eigenvalue weighted by molar-refractivity contribution is 7.62. The summed E-state index contributed by atoms with van der Waals surface area (Å²) >= 11 is 0. The number of rotatable bonds is 5. The average Bonchev–Trinajstić information content (AvgIpc) is 3.29. The van der Waals surface area contributed by atoms with E-state index in [1.54, 1.807) is 48.8 Å². The van der Waals surface area contributed by atoms with Crippen LogP contribution in [0.15, 0.2) is 45.3 Å². The Morgan fingerprint density at radius 2 is 2.00 bits per heavy atom. The molecule has 4 rings (SSSR count). The van der Waals surface area contributed by atoms with Crippen LogP contribution in [-0.2, 0) is 9.30 Å². The highest BCUT2D eigenvalue weighted by atomic mass is 31.2. The van der Waals surface area contributed by atoms with Crippen LogP contribution in [0.2, 0.25) is 0 Å². The van der Waals surface area contributed by atoms with E-state index in [-0.39, 0.29) is 17.9 Å². The monoisotopic (exact) mass is 445 g/mol. The van der Waals surface area contributed by atoms with Gasteiger partial charge in [-0.3, -0.25) is 9.79 Å². The summed E-state index contributed by atoms with van der Waals surface area (Å²) in [4.78, 5) is 27.5. The third kappa shape index (κ3) is 4.63. The summed E-state index contributed by atoms with van der Waals surface area (Å²) in [5.41, 5.74) is 0.526. The van der Waals surface area contributed by atoms with E-state index in [4.69, 9.17) is 4.74 Å². The smallest absolute Gasteiger partial charge is 0.256 e. The van der Waals surface area contributed by atoms with Crippen molar-refractivity contribution in [2.45, 2.75) is 44.0 Å². The fourth-order valence-corrected chi connectivity index (χ4v) is 4.92. The van der Waals surface area contributed by atoms with Crippen molar-refractivity contribution in [1.29, 1.82) is 0 Å². The van der Waals surface area contributed by atoms with Gasteiger partial charge >= 0.3 is 0 Å². The van der Waals surface area contributed by atoms with Gasteiger partial charge in [-0.25, -0.2) is 9.98 Å². The van der Waals surface area contributed by atoms with Crippen LogP contribution in [0.25, 0.3) is 0 Å². The van der Waals surface area contributed by atoms with Crippen LogP contribution >= 0.6 is 7.14 Å². The van der Waals surface area contributed by atoms with Gasteiger partial charge in [-0.2, -0.15) is 0 Å². The van der Waals surface area contributed by atoms with Crippen molar-refractivity contribution < 1.29 is 19.2 Å². The Hall–Kier alpha value is -2.35. The summed E-state index contributed by atoms with van der Waals surface area (Å²) in [5, 5.41) is 13.6. The molecule has 0 aromatic heterocycles. The molecule has 1 saturated heterocycles. The van der Waals surface area contributed by atoms with Gasteiger partial charge in [0.15, 0.2) is 18.4 Å². The Kier molecular flexibility index (Phi) is 6.10. The number of nitrogens with zero attached hydrogens (tertiary/aromatic N) is 4. The maximum absolute atomic E-state index is 12.5. The van der Waals surface area contributed by atoms with Crippen molar-refractivity contribution in [2.75, 3.05) is 19.5 Å². The van der Waals surface area contributed by atoms with E-state index in [0.29, 0.717) is 24.0 Å². The first-order valence-electron chi connectivity index (χ1n) is 10.4. The minimum atomic E-state index is -2.16. The Labute approximate surface area is 181 Å². The third-order valence-corrected chi connectivity index (χ3v) is 7.24. The SMILES string of the molecule is C[C@H]1[C@@H](O)[C@H](N2C=NC3C(NC(=O)c4ccccc4)=NC=NC32)O[C@@H]1CCP(C)(C)=O. The predicted octanol–water partition coefficient (Wildman–Crippen LogP) is 1.63. The molecular weight excluding hydrogens is 417 g/mol. The molecule has 0 saturated carbocycles. The lowest BCUT2D eigenvalue weighted by Crippen LogP contribution is -2.52. The summed E-state index contributed by atoms with van der Waals surface area (Å²) in [6.45, 7) is 5.46. The quantitative estimate of drug-likeness (QED) is 0.669. The van der Waals surface area contributed by atoms with Crippen LogP contribution in [0.4, 0.5) is 0 Å². The lowest BCUT2D eigenvalue weighted by Gasteiger charge is -2.32. The molecule has 1 aromatic rings. The summed E-state index contributed by atoms with van der Waals surface area (Å²) in [6, 6.07) is 8.40. The molecule has 3 heterocycles. The molecule has 0 spiro atoms. The van der Waals surface area contributed by atoms with Crippen molar-refractivity contribution in [3.05, 3.63) is 35.9 Å². The molecule has 1 aromatic carbocycles. The molecule has 6 atom stereocenters. The van der Waals surface area contributed by atoms with Gasteiger partial charge in [-0.05, 0) is 31.9 Å². The summed E-state index contributed by atoms with van der Waals surface area (Å²) < 4.78 is 18.3. The average molecular weight is 445 g/mol. The van der Waals surface area contributed by atoms with E-state index in [1.807, 2.05) is 13.0 Å². The molecular formula is C21H28N5O4P. The van der Waals surface area contributed by atoms with Gasteiger partial charge < -0.3 is 24.6 Å². The van der Waals surface area contributed by atoms with Crippen molar-refractivity contribution >= 4 is 31.6 Å². The maximum atomic E-state index is 12.5. The first-order valence-corrected chi connectivity index (χ1v) is 13.2. The number of carbonyl (C=O) groups excluding carboxylic acids is 1. The third-order valence-electron chi connectivity index (χ3n) is 5.90.